The second kappa shape index (κ2) is 12.5. The Morgan fingerprint density at radius 1 is 1.28 bits per heavy atom. The zero-order chi connectivity index (χ0) is 29.0. The van der Waals surface area contributed by atoms with Gasteiger partial charge in [-0.15, -0.1) is 0 Å². The molecular weight excluding hydrogens is 529 g/mol. The van der Waals surface area contributed by atoms with Crippen molar-refractivity contribution in [1.29, 1.82) is 10.5 Å². The van der Waals surface area contributed by atoms with Crippen molar-refractivity contribution >= 4 is 31.6 Å². The predicted molar refractivity (Wildman–Crippen MR) is 140 cm³/mol. The van der Waals surface area contributed by atoms with Gasteiger partial charge >= 0.3 is 8.60 Å². The number of carbonyl (C=O) groups excluding carboxylic acids is 1. The van der Waals surface area contributed by atoms with E-state index in [4.69, 9.17) is 28.8 Å². The Kier molecular flexibility index (Phi) is 9.78. The monoisotopic (exact) mass is 563 g/mol. The minimum Gasteiger partial charge on any atom is -0.390 e. The van der Waals surface area contributed by atoms with E-state index in [1.807, 2.05) is 0 Å². The van der Waals surface area contributed by atoms with Gasteiger partial charge in [0, 0.05) is 12.3 Å². The first-order valence-electron chi connectivity index (χ1n) is 12.4. The number of H-pyrrole nitrogens is 1. The van der Waals surface area contributed by atoms with Crippen LogP contribution in [-0.2, 0) is 23.1 Å². The van der Waals surface area contributed by atoms with Gasteiger partial charge in [0.2, 0.25) is 11.9 Å². The average Bonchev–Trinajstić information content (AvgIpc) is 3.40. The topological polar surface area (TPSA) is 197 Å². The number of amides is 1. The van der Waals surface area contributed by atoms with Gasteiger partial charge in [-0.1, -0.05) is 13.8 Å². The first-order chi connectivity index (χ1) is 18.2. The second-order valence-corrected chi connectivity index (χ2v) is 11.8. The van der Waals surface area contributed by atoms with Gasteiger partial charge in [-0.05, 0) is 27.7 Å². The van der Waals surface area contributed by atoms with Crippen molar-refractivity contribution < 1.29 is 28.2 Å². The van der Waals surface area contributed by atoms with Crippen molar-refractivity contribution in [2.24, 2.45) is 5.92 Å². The Hall–Kier alpha value is -2.97. The van der Waals surface area contributed by atoms with E-state index in [1.165, 1.54) is 10.9 Å². The quantitative estimate of drug-likeness (QED) is 0.321. The van der Waals surface area contributed by atoms with E-state index in [1.54, 1.807) is 41.5 Å². The molecule has 1 aliphatic heterocycles. The van der Waals surface area contributed by atoms with Crippen LogP contribution in [0.2, 0.25) is 0 Å². The number of nitriles is 2. The summed E-state index contributed by atoms with van der Waals surface area (Å²) in [5.74, 6) is -0.657. The van der Waals surface area contributed by atoms with Crippen molar-refractivity contribution in [2.75, 3.05) is 11.9 Å². The van der Waals surface area contributed by atoms with Crippen LogP contribution >= 0.6 is 8.60 Å². The van der Waals surface area contributed by atoms with Crippen LogP contribution in [0.25, 0.3) is 11.2 Å². The maximum atomic E-state index is 12.5. The summed E-state index contributed by atoms with van der Waals surface area (Å²) in [6.45, 7) is 10.2. The SMILES string of the molecule is CC(C)C(=O)Nc1nc2c(ncn2[C@H]2C[C@H](O)[C@@H](COP(OC(C)(C)CC#N)OC(C)(C)CC#N)O2)c(=O)[nH]1. The largest absolute Gasteiger partial charge is 0.390 e. The summed E-state index contributed by atoms with van der Waals surface area (Å²) in [4.78, 5) is 35.5. The van der Waals surface area contributed by atoms with Gasteiger partial charge in [-0.25, -0.2) is 4.98 Å². The molecule has 1 fully saturated rings. The number of imidazole rings is 1. The highest BCUT2D eigenvalue weighted by atomic mass is 31.2. The molecule has 39 heavy (non-hydrogen) atoms. The Morgan fingerprint density at radius 2 is 1.90 bits per heavy atom. The number of hydrogen-bond acceptors (Lipinski definition) is 11. The Bertz CT molecular complexity index is 1280. The molecule has 0 saturated carbocycles. The summed E-state index contributed by atoms with van der Waals surface area (Å²) in [5, 5.41) is 31.5. The van der Waals surface area contributed by atoms with Gasteiger partial charge in [0.15, 0.2) is 11.2 Å². The molecule has 3 atom stereocenters. The van der Waals surface area contributed by atoms with E-state index < -0.39 is 43.8 Å². The minimum atomic E-state index is -2.02. The first kappa shape index (κ1) is 30.6. The molecule has 3 rings (SSSR count). The zero-order valence-electron chi connectivity index (χ0n) is 22.8. The molecule has 3 heterocycles. The molecule has 0 aliphatic carbocycles. The van der Waals surface area contributed by atoms with Crippen LogP contribution < -0.4 is 10.9 Å². The molecule has 3 N–H and O–H groups in total. The Labute approximate surface area is 227 Å². The molecule has 1 aliphatic rings. The molecule has 212 valence electrons. The van der Waals surface area contributed by atoms with Crippen molar-refractivity contribution in [3.63, 3.8) is 0 Å². The molecule has 0 bridgehead atoms. The normalized spacial score (nSPS) is 19.9. The van der Waals surface area contributed by atoms with Crippen molar-refractivity contribution in [2.45, 2.75) is 90.4 Å². The first-order valence-corrected chi connectivity index (χ1v) is 13.5. The molecule has 0 radical (unpaired) electrons. The van der Waals surface area contributed by atoms with Crippen molar-refractivity contribution in [1.82, 2.24) is 19.5 Å². The molecule has 2 aromatic rings. The van der Waals surface area contributed by atoms with Crippen molar-refractivity contribution in [3.05, 3.63) is 16.7 Å². The van der Waals surface area contributed by atoms with E-state index in [0.717, 1.165) is 0 Å². The van der Waals surface area contributed by atoms with Gasteiger partial charge in [0.05, 0.1) is 55.2 Å². The van der Waals surface area contributed by atoms with E-state index >= 15 is 0 Å². The van der Waals surface area contributed by atoms with Crippen LogP contribution in [0.4, 0.5) is 5.95 Å². The summed E-state index contributed by atoms with van der Waals surface area (Å²) < 4.78 is 25.3. The molecule has 2 aromatic heterocycles. The predicted octanol–water partition coefficient (Wildman–Crippen LogP) is 3.02. The van der Waals surface area contributed by atoms with Crippen molar-refractivity contribution in [3.8, 4) is 12.1 Å². The minimum absolute atomic E-state index is 0.0220. The van der Waals surface area contributed by atoms with Gasteiger partial charge in [-0.3, -0.25) is 24.5 Å². The Morgan fingerprint density at radius 3 is 2.46 bits per heavy atom. The molecule has 0 spiro atoms. The number of hydrogen-bond donors (Lipinski definition) is 3. The highest BCUT2D eigenvalue weighted by molar-refractivity contribution is 7.41. The lowest BCUT2D eigenvalue weighted by molar-refractivity contribution is -0.118. The van der Waals surface area contributed by atoms with E-state index in [-0.39, 0.29) is 54.8 Å². The second-order valence-electron chi connectivity index (χ2n) is 10.7. The number of aromatic nitrogens is 4. The highest BCUT2D eigenvalue weighted by Crippen LogP contribution is 2.49. The van der Waals surface area contributed by atoms with Gasteiger partial charge < -0.3 is 23.4 Å². The molecule has 14 nitrogen and oxygen atoms in total. The van der Waals surface area contributed by atoms with Crippen LogP contribution in [-0.4, -0.2) is 60.5 Å². The lowest BCUT2D eigenvalue weighted by Crippen LogP contribution is -2.30. The number of ether oxygens (including phenoxy) is 1. The van der Waals surface area contributed by atoms with Gasteiger partial charge in [0.1, 0.15) is 12.3 Å². The Balaban J connectivity index is 1.75. The molecule has 0 unspecified atom stereocenters. The smallest absolute Gasteiger partial charge is 0.333 e. The van der Waals surface area contributed by atoms with Gasteiger partial charge in [-0.2, -0.15) is 15.5 Å². The third kappa shape index (κ3) is 8.02. The fraction of sp³-hybridized carbons (Fsp3) is 0.667. The maximum absolute atomic E-state index is 12.5. The fourth-order valence-electron chi connectivity index (χ4n) is 3.55. The zero-order valence-corrected chi connectivity index (χ0v) is 23.7. The lowest BCUT2D eigenvalue weighted by Gasteiger charge is -2.32. The summed E-state index contributed by atoms with van der Waals surface area (Å²) in [6, 6.07) is 4.12. The van der Waals surface area contributed by atoms with E-state index in [2.05, 4.69) is 32.4 Å². The van der Waals surface area contributed by atoms with Crippen LogP contribution in [0.3, 0.4) is 0 Å². The number of rotatable bonds is 12. The van der Waals surface area contributed by atoms with Crippen LogP contribution in [0.15, 0.2) is 11.1 Å². The van der Waals surface area contributed by atoms with Crippen LogP contribution in [0.5, 0.6) is 0 Å². The van der Waals surface area contributed by atoms with Crippen LogP contribution in [0.1, 0.15) is 67.0 Å². The molecule has 0 aromatic carbocycles. The maximum Gasteiger partial charge on any atom is 0.333 e. The number of fused-ring (bicyclic) bond motifs is 1. The molecule has 1 amide bonds. The third-order valence-corrected chi connectivity index (χ3v) is 7.36. The number of aliphatic hydroxyl groups is 1. The number of carbonyl (C=O) groups is 1. The molecule has 15 heteroatoms. The number of nitrogens with zero attached hydrogens (tertiary/aromatic N) is 5. The number of anilines is 1. The summed E-state index contributed by atoms with van der Waals surface area (Å²) in [6.07, 6.45) is -0.741. The number of aromatic amines is 1. The molecule has 1 saturated heterocycles. The fourth-order valence-corrected chi connectivity index (χ4v) is 4.90. The lowest BCUT2D eigenvalue weighted by atomic mass is 10.1. The van der Waals surface area contributed by atoms with E-state index in [9.17, 15) is 14.7 Å². The van der Waals surface area contributed by atoms with E-state index in [0.29, 0.717) is 0 Å². The summed E-state index contributed by atoms with van der Waals surface area (Å²) >= 11 is 0. The number of nitrogens with one attached hydrogen (secondary N) is 2. The molecular formula is C24H34N7O7P. The third-order valence-electron chi connectivity index (χ3n) is 5.71. The summed E-state index contributed by atoms with van der Waals surface area (Å²) in [5.41, 5.74) is -2.05. The summed E-state index contributed by atoms with van der Waals surface area (Å²) in [7, 11) is -2.02. The van der Waals surface area contributed by atoms with Gasteiger partial charge in [0.25, 0.3) is 5.56 Å². The average molecular weight is 564 g/mol. The number of aliphatic hydroxyl groups excluding tert-OH is 1. The van der Waals surface area contributed by atoms with Crippen LogP contribution in [0, 0.1) is 28.6 Å². The highest BCUT2D eigenvalue weighted by Gasteiger charge is 2.39. The standard InChI is InChI=1S/C24H34N7O7P/c1-14(2)20(33)29-22-28-19-18(21(34)30-22)27-13-31(19)17-11-15(32)16(36-17)12-35-39(37-23(3,4)7-9-25)38-24(5,6)8-10-26/h13-17,32H,7-8,11-12H2,1-6H3,(H2,28,29,30,33,34)/t15-,16+,17+/m0/s1.